The first-order valence-electron chi connectivity index (χ1n) is 13.6. The van der Waals surface area contributed by atoms with E-state index in [-0.39, 0.29) is 12.1 Å². The maximum Gasteiger partial charge on any atom is 0.302 e. The second-order valence-corrected chi connectivity index (χ2v) is 12.8. The lowest BCUT2D eigenvalue weighted by Crippen LogP contribution is -2.50. The van der Waals surface area contributed by atoms with Gasteiger partial charge in [0.15, 0.2) is 0 Å². The maximum absolute atomic E-state index is 11.5. The van der Waals surface area contributed by atoms with Gasteiger partial charge in [-0.25, -0.2) is 0 Å². The van der Waals surface area contributed by atoms with E-state index in [4.69, 9.17) is 4.74 Å². The average molecular weight is 441 g/mol. The molecule has 0 aliphatic heterocycles. The maximum atomic E-state index is 11.5. The summed E-state index contributed by atoms with van der Waals surface area (Å²) in [5.41, 5.74) is 2.70. The van der Waals surface area contributed by atoms with E-state index >= 15 is 0 Å². The van der Waals surface area contributed by atoms with Crippen LogP contribution in [-0.4, -0.2) is 12.1 Å². The van der Waals surface area contributed by atoms with Crippen LogP contribution in [0.3, 0.4) is 0 Å². The van der Waals surface area contributed by atoms with Gasteiger partial charge in [-0.15, -0.1) is 0 Å². The molecule has 0 radical (unpaired) electrons. The summed E-state index contributed by atoms with van der Waals surface area (Å²) in [5, 5.41) is 0. The Morgan fingerprint density at radius 1 is 1.00 bits per heavy atom. The van der Waals surface area contributed by atoms with Crippen molar-refractivity contribution in [2.24, 2.45) is 52.3 Å². The summed E-state index contributed by atoms with van der Waals surface area (Å²) in [5.74, 6) is 4.98. The van der Waals surface area contributed by atoms with Crippen molar-refractivity contribution in [3.63, 3.8) is 0 Å². The average Bonchev–Trinajstić information content (AvgIpc) is 3.08. The van der Waals surface area contributed by atoms with Crippen molar-refractivity contribution in [1.29, 1.82) is 0 Å². The predicted molar refractivity (Wildman–Crippen MR) is 133 cm³/mol. The topological polar surface area (TPSA) is 26.3 Å². The van der Waals surface area contributed by atoms with Crippen LogP contribution < -0.4 is 0 Å². The number of fused-ring (bicyclic) bond motifs is 5. The molecule has 0 saturated heterocycles. The van der Waals surface area contributed by atoms with E-state index in [9.17, 15) is 4.79 Å². The molecule has 3 fully saturated rings. The first-order valence-corrected chi connectivity index (χ1v) is 13.6. The van der Waals surface area contributed by atoms with Gasteiger partial charge in [0.25, 0.3) is 0 Å². The Bertz CT molecular complexity index is 763. The molecule has 0 aromatic rings. The number of ether oxygens (including phenoxy) is 1. The van der Waals surface area contributed by atoms with E-state index in [1.807, 2.05) is 5.57 Å². The van der Waals surface area contributed by atoms with Crippen LogP contribution in [0.5, 0.6) is 0 Å². The van der Waals surface area contributed by atoms with Crippen molar-refractivity contribution >= 4 is 5.97 Å². The first kappa shape index (κ1) is 24.1. The number of rotatable bonds is 5. The van der Waals surface area contributed by atoms with Crippen molar-refractivity contribution in [1.82, 2.24) is 0 Å². The fraction of sp³-hybridized carbons (Fsp3) is 0.833. The Labute approximate surface area is 197 Å². The number of allylic oxidation sites excluding steroid dienone is 4. The van der Waals surface area contributed by atoms with Gasteiger partial charge in [0.1, 0.15) is 6.10 Å². The molecule has 2 nitrogen and oxygen atoms in total. The van der Waals surface area contributed by atoms with E-state index in [0.29, 0.717) is 28.6 Å². The molecule has 4 aliphatic carbocycles. The molecule has 0 amide bonds. The minimum Gasteiger partial charge on any atom is -0.463 e. The van der Waals surface area contributed by atoms with Crippen molar-refractivity contribution < 1.29 is 9.53 Å². The Kier molecular flexibility index (Phi) is 6.74. The third-order valence-corrected chi connectivity index (χ3v) is 10.8. The van der Waals surface area contributed by atoms with Crippen LogP contribution in [0.25, 0.3) is 0 Å². The lowest BCUT2D eigenvalue weighted by molar-refractivity contribution is -0.152. The highest BCUT2D eigenvalue weighted by molar-refractivity contribution is 5.66. The lowest BCUT2D eigenvalue weighted by atomic mass is 9.47. The molecule has 0 spiro atoms. The Morgan fingerprint density at radius 2 is 1.69 bits per heavy atom. The summed E-state index contributed by atoms with van der Waals surface area (Å²) < 4.78 is 5.64. The van der Waals surface area contributed by atoms with Gasteiger partial charge in [-0.05, 0) is 104 Å². The third-order valence-electron chi connectivity index (χ3n) is 10.8. The summed E-state index contributed by atoms with van der Waals surface area (Å²) in [6, 6.07) is 0. The van der Waals surface area contributed by atoms with Crippen LogP contribution in [-0.2, 0) is 9.53 Å². The zero-order valence-electron chi connectivity index (χ0n) is 21.8. The van der Waals surface area contributed by atoms with Crippen LogP contribution in [0.2, 0.25) is 0 Å². The fourth-order valence-corrected chi connectivity index (χ4v) is 8.43. The predicted octanol–water partition coefficient (Wildman–Crippen LogP) is 7.98. The molecule has 0 N–H and O–H groups in total. The number of hydrogen-bond donors (Lipinski definition) is 0. The van der Waals surface area contributed by atoms with Gasteiger partial charge in [0, 0.05) is 6.92 Å². The normalized spacial score (nSPS) is 43.2. The molecule has 0 unspecified atom stereocenters. The molecular formula is C30H48O2. The van der Waals surface area contributed by atoms with Crippen molar-refractivity contribution in [2.75, 3.05) is 0 Å². The van der Waals surface area contributed by atoms with E-state index in [1.54, 1.807) is 6.92 Å². The fourth-order valence-electron chi connectivity index (χ4n) is 8.43. The zero-order valence-corrected chi connectivity index (χ0v) is 21.8. The highest BCUT2D eigenvalue weighted by Crippen LogP contribution is 2.66. The summed E-state index contributed by atoms with van der Waals surface area (Å²) in [7, 11) is 0. The lowest BCUT2D eigenvalue weighted by Gasteiger charge is -2.58. The highest BCUT2D eigenvalue weighted by atomic mass is 16.5. The number of carbonyl (C=O) groups is 1. The minimum atomic E-state index is -0.109. The van der Waals surface area contributed by atoms with E-state index in [0.717, 1.165) is 36.5 Å². The highest BCUT2D eigenvalue weighted by Gasteiger charge is 2.58. The van der Waals surface area contributed by atoms with Gasteiger partial charge in [-0.1, -0.05) is 65.3 Å². The molecule has 0 bridgehead atoms. The van der Waals surface area contributed by atoms with E-state index in [1.165, 1.54) is 38.5 Å². The summed E-state index contributed by atoms with van der Waals surface area (Å²) in [4.78, 5) is 11.5. The van der Waals surface area contributed by atoms with Crippen LogP contribution >= 0.6 is 0 Å². The molecule has 2 heteroatoms. The Balaban J connectivity index is 1.51. The van der Waals surface area contributed by atoms with Crippen molar-refractivity contribution in [3.05, 3.63) is 23.8 Å². The van der Waals surface area contributed by atoms with Gasteiger partial charge in [-0.2, -0.15) is 0 Å². The molecule has 0 heterocycles. The summed E-state index contributed by atoms with van der Waals surface area (Å²) in [6.45, 7) is 16.3. The standard InChI is InChI=1S/C30H48O2/c1-19(2)20(3)8-9-21(4)26-12-13-27-25-11-10-23-18-24(32-22(5)31)14-16-29(23,6)28(25)15-17-30(26,27)7/h8-9,11,19-21,23-24,26-28H,10,12-18H2,1-7H3/b9-8+/t20-,21+,23-,24+,26-,27-,28+,29-,30-/m0/s1. The Morgan fingerprint density at radius 3 is 2.38 bits per heavy atom. The second-order valence-electron chi connectivity index (χ2n) is 12.8. The SMILES string of the molecule is CC(=O)O[C@@H]1CC[C@@]2(C)[C@@H](CC=C3[C@H]2CC[C@]2(C)[C@H]3CC[C@H]2[C@H](C)/C=C/[C@H](C)C(C)C)C1. The van der Waals surface area contributed by atoms with E-state index in [2.05, 4.69) is 59.8 Å². The smallest absolute Gasteiger partial charge is 0.302 e. The molecular weight excluding hydrogens is 392 g/mol. The van der Waals surface area contributed by atoms with Crippen LogP contribution in [0, 0.1) is 52.3 Å². The molecule has 0 aromatic heterocycles. The van der Waals surface area contributed by atoms with Gasteiger partial charge in [0.05, 0.1) is 0 Å². The number of hydrogen-bond acceptors (Lipinski definition) is 2. The van der Waals surface area contributed by atoms with E-state index < -0.39 is 0 Å². The van der Waals surface area contributed by atoms with Crippen molar-refractivity contribution in [2.45, 2.75) is 106 Å². The molecule has 32 heavy (non-hydrogen) atoms. The Hall–Kier alpha value is -1.05. The minimum absolute atomic E-state index is 0.109. The molecule has 4 aliphatic rings. The quantitative estimate of drug-likeness (QED) is 0.320. The first-order chi connectivity index (χ1) is 15.1. The summed E-state index contributed by atoms with van der Waals surface area (Å²) >= 11 is 0. The van der Waals surface area contributed by atoms with Gasteiger partial charge < -0.3 is 4.74 Å². The van der Waals surface area contributed by atoms with Gasteiger partial charge >= 0.3 is 5.97 Å². The number of esters is 1. The molecule has 3 saturated carbocycles. The van der Waals surface area contributed by atoms with Crippen LogP contribution in [0.4, 0.5) is 0 Å². The van der Waals surface area contributed by atoms with Gasteiger partial charge in [0.2, 0.25) is 0 Å². The third kappa shape index (κ3) is 4.14. The van der Waals surface area contributed by atoms with Crippen molar-refractivity contribution in [3.8, 4) is 0 Å². The molecule has 180 valence electrons. The second kappa shape index (κ2) is 8.95. The molecule has 0 aromatic carbocycles. The van der Waals surface area contributed by atoms with Crippen LogP contribution in [0.1, 0.15) is 99.8 Å². The monoisotopic (exact) mass is 440 g/mol. The van der Waals surface area contributed by atoms with Gasteiger partial charge in [-0.3, -0.25) is 4.79 Å². The molecule has 4 rings (SSSR count). The number of carbonyl (C=O) groups excluding carboxylic acids is 1. The largest absolute Gasteiger partial charge is 0.463 e. The molecule has 9 atom stereocenters. The van der Waals surface area contributed by atoms with Crippen LogP contribution in [0.15, 0.2) is 23.8 Å². The zero-order chi connectivity index (χ0) is 23.3. The summed E-state index contributed by atoms with van der Waals surface area (Å²) in [6.07, 6.45) is 17.9.